The number of alkyl halides is 3. The molecule has 0 aromatic heterocycles. The zero-order valence-corrected chi connectivity index (χ0v) is 23.7. The van der Waals surface area contributed by atoms with Crippen LogP contribution in [0.1, 0.15) is 50.7 Å². The summed E-state index contributed by atoms with van der Waals surface area (Å²) in [5.41, 5.74) is 1.85. The van der Waals surface area contributed by atoms with Gasteiger partial charge in [-0.1, -0.05) is 12.5 Å². The van der Waals surface area contributed by atoms with E-state index in [0.717, 1.165) is 10.5 Å². The van der Waals surface area contributed by atoms with E-state index in [1.165, 1.54) is 16.9 Å². The minimum Gasteiger partial charge on any atom is -0.468 e. The number of ether oxygens (including phenoxy) is 3. The van der Waals surface area contributed by atoms with Crippen molar-refractivity contribution < 1.29 is 46.6 Å². The first-order valence-corrected chi connectivity index (χ1v) is 13.9. The van der Waals surface area contributed by atoms with Crippen molar-refractivity contribution in [2.75, 3.05) is 51.4 Å². The molecule has 1 saturated carbocycles. The highest BCUT2D eigenvalue weighted by Gasteiger charge is 2.43. The quantitative estimate of drug-likeness (QED) is 0.306. The third kappa shape index (κ3) is 8.41. The number of carbonyl (C=O) groups excluding carboxylic acids is 4. The predicted octanol–water partition coefficient (Wildman–Crippen LogP) is 3.49. The molecule has 0 saturated heterocycles. The maximum absolute atomic E-state index is 14.2. The van der Waals surface area contributed by atoms with Crippen LogP contribution in [0, 0.1) is 0 Å². The van der Waals surface area contributed by atoms with Gasteiger partial charge in [0.1, 0.15) is 6.54 Å². The van der Waals surface area contributed by atoms with Crippen molar-refractivity contribution in [2.24, 2.45) is 0 Å². The van der Waals surface area contributed by atoms with Crippen LogP contribution in [0.2, 0.25) is 0 Å². The molecule has 1 unspecified atom stereocenters. The Hall–Kier alpha value is -3.19. The van der Waals surface area contributed by atoms with E-state index in [1.807, 2.05) is 0 Å². The number of carbonyl (C=O) groups is 4. The van der Waals surface area contributed by atoms with Crippen molar-refractivity contribution >= 4 is 29.4 Å². The van der Waals surface area contributed by atoms with Crippen LogP contribution in [0.3, 0.4) is 0 Å². The van der Waals surface area contributed by atoms with Crippen molar-refractivity contribution in [3.05, 3.63) is 29.3 Å². The third-order valence-corrected chi connectivity index (χ3v) is 7.27. The Morgan fingerprint density at radius 3 is 2.27 bits per heavy atom. The molecule has 0 N–H and O–H groups in total. The van der Waals surface area contributed by atoms with E-state index in [4.69, 9.17) is 14.2 Å². The number of esters is 1. The Morgan fingerprint density at radius 2 is 1.68 bits per heavy atom. The average molecular weight is 586 g/mol. The maximum atomic E-state index is 14.2. The monoisotopic (exact) mass is 585 g/mol. The van der Waals surface area contributed by atoms with Gasteiger partial charge in [0.15, 0.2) is 12.1 Å². The molecule has 0 spiro atoms. The SMILES string of the molecule is CCOC(CN(C(=O)N(CC(=O)OC)C1CCCCC1=O)c1ccc2c(c1)CCN(C(=O)C(F)(F)F)CC2)OCC. The van der Waals surface area contributed by atoms with E-state index in [2.05, 4.69) is 0 Å². The van der Waals surface area contributed by atoms with Gasteiger partial charge in [-0.15, -0.1) is 0 Å². The highest BCUT2D eigenvalue weighted by atomic mass is 19.4. The second-order valence-corrected chi connectivity index (χ2v) is 9.91. The van der Waals surface area contributed by atoms with Gasteiger partial charge < -0.3 is 24.0 Å². The summed E-state index contributed by atoms with van der Waals surface area (Å²) in [7, 11) is 1.20. The first kappa shape index (κ1) is 32.3. The summed E-state index contributed by atoms with van der Waals surface area (Å²) < 4.78 is 55.4. The van der Waals surface area contributed by atoms with Crippen LogP contribution in [0.4, 0.5) is 23.7 Å². The van der Waals surface area contributed by atoms with Crippen molar-refractivity contribution in [1.29, 1.82) is 0 Å². The van der Waals surface area contributed by atoms with Crippen LogP contribution in [0.5, 0.6) is 0 Å². The van der Waals surface area contributed by atoms with Gasteiger partial charge in [-0.05, 0) is 62.8 Å². The van der Waals surface area contributed by atoms with Gasteiger partial charge in [0.05, 0.1) is 19.7 Å². The van der Waals surface area contributed by atoms with E-state index in [-0.39, 0.29) is 38.3 Å². The molecule has 41 heavy (non-hydrogen) atoms. The number of anilines is 1. The number of Topliss-reactive ketones (excluding diaryl/α,β-unsaturated/α-hetero) is 1. The summed E-state index contributed by atoms with van der Waals surface area (Å²) >= 11 is 0. The molecule has 13 heteroatoms. The van der Waals surface area contributed by atoms with E-state index < -0.39 is 43.0 Å². The number of rotatable bonds is 10. The Bertz CT molecular complexity index is 1090. The Balaban J connectivity index is 1.98. The van der Waals surface area contributed by atoms with Gasteiger partial charge >= 0.3 is 24.1 Å². The number of hydrogen-bond donors (Lipinski definition) is 0. The number of halogens is 3. The molecular weight excluding hydrogens is 547 g/mol. The van der Waals surface area contributed by atoms with E-state index in [9.17, 15) is 32.3 Å². The van der Waals surface area contributed by atoms with Crippen LogP contribution in [-0.4, -0.2) is 98.5 Å². The van der Waals surface area contributed by atoms with Crippen LogP contribution in [0.15, 0.2) is 18.2 Å². The zero-order valence-electron chi connectivity index (χ0n) is 23.7. The number of urea groups is 1. The van der Waals surface area contributed by atoms with Gasteiger partial charge in [-0.2, -0.15) is 13.2 Å². The first-order valence-electron chi connectivity index (χ1n) is 13.9. The summed E-state index contributed by atoms with van der Waals surface area (Å²) in [4.78, 5) is 54.6. The Kier molecular flexibility index (Phi) is 11.5. The molecule has 1 fully saturated rings. The lowest BCUT2D eigenvalue weighted by Gasteiger charge is -2.37. The summed E-state index contributed by atoms with van der Waals surface area (Å²) in [6.07, 6.45) is -3.29. The van der Waals surface area contributed by atoms with Gasteiger partial charge in [-0.3, -0.25) is 19.3 Å². The Labute approximate surface area is 237 Å². The average Bonchev–Trinajstić information content (AvgIpc) is 3.16. The minimum absolute atomic E-state index is 0.0728. The summed E-state index contributed by atoms with van der Waals surface area (Å²) in [5.74, 6) is -2.70. The molecule has 1 aliphatic carbocycles. The van der Waals surface area contributed by atoms with Gasteiger partial charge in [0, 0.05) is 38.4 Å². The maximum Gasteiger partial charge on any atom is 0.471 e. The fourth-order valence-electron chi connectivity index (χ4n) is 5.19. The van der Waals surface area contributed by atoms with Crippen molar-refractivity contribution in [3.63, 3.8) is 0 Å². The van der Waals surface area contributed by atoms with Crippen LogP contribution < -0.4 is 4.90 Å². The number of nitrogens with zero attached hydrogens (tertiary/aromatic N) is 3. The minimum atomic E-state index is -4.96. The summed E-state index contributed by atoms with van der Waals surface area (Å²) in [5, 5.41) is 0. The summed E-state index contributed by atoms with van der Waals surface area (Å²) in [6, 6.07) is 3.65. The standard InChI is InChI=1S/C28H38F3N3O7/c1-4-40-25(41-5-2)18-33(27(38)34(17-24(36)39-3)22-8-6-7-9-23(22)35)21-11-10-19-12-14-32(15-13-20(19)16-21)26(37)28(29,30)31/h10-11,16,22,25H,4-9,12-15,17-18H2,1-3H3. The smallest absolute Gasteiger partial charge is 0.468 e. The third-order valence-electron chi connectivity index (χ3n) is 7.27. The lowest BCUT2D eigenvalue weighted by molar-refractivity contribution is -0.185. The highest BCUT2D eigenvalue weighted by molar-refractivity contribution is 5.98. The molecule has 1 atom stereocenters. The summed E-state index contributed by atoms with van der Waals surface area (Å²) in [6.45, 7) is 3.43. The van der Waals surface area contributed by atoms with Crippen LogP contribution in [-0.2, 0) is 41.4 Å². The van der Waals surface area contributed by atoms with Crippen LogP contribution in [0.25, 0.3) is 0 Å². The highest BCUT2D eigenvalue weighted by Crippen LogP contribution is 2.28. The Morgan fingerprint density at radius 1 is 1.02 bits per heavy atom. The van der Waals surface area contributed by atoms with Crippen LogP contribution >= 0.6 is 0 Å². The molecule has 3 amide bonds. The fourth-order valence-corrected chi connectivity index (χ4v) is 5.19. The van der Waals surface area contributed by atoms with Crippen molar-refractivity contribution in [3.8, 4) is 0 Å². The number of benzene rings is 1. The number of methoxy groups -OCH3 is 1. The second kappa shape index (κ2) is 14.6. The molecule has 228 valence electrons. The number of fused-ring (bicyclic) bond motifs is 1. The molecule has 3 rings (SSSR count). The van der Waals surface area contributed by atoms with Crippen molar-refractivity contribution in [1.82, 2.24) is 9.80 Å². The van der Waals surface area contributed by atoms with E-state index >= 15 is 0 Å². The van der Waals surface area contributed by atoms with Gasteiger partial charge in [0.25, 0.3) is 0 Å². The number of ketones is 1. The van der Waals surface area contributed by atoms with Gasteiger partial charge in [0.2, 0.25) is 0 Å². The zero-order chi connectivity index (χ0) is 30.2. The predicted molar refractivity (Wildman–Crippen MR) is 142 cm³/mol. The molecule has 1 aromatic rings. The lowest BCUT2D eigenvalue weighted by Crippen LogP contribution is -2.55. The molecule has 0 bridgehead atoms. The molecule has 0 radical (unpaired) electrons. The normalized spacial score (nSPS) is 17.6. The van der Waals surface area contributed by atoms with E-state index in [0.29, 0.717) is 50.1 Å². The molecule has 1 heterocycles. The lowest BCUT2D eigenvalue weighted by atomic mass is 9.93. The first-order chi connectivity index (χ1) is 19.5. The van der Waals surface area contributed by atoms with Gasteiger partial charge in [-0.25, -0.2) is 4.79 Å². The largest absolute Gasteiger partial charge is 0.471 e. The second-order valence-electron chi connectivity index (χ2n) is 9.91. The van der Waals surface area contributed by atoms with E-state index in [1.54, 1.807) is 32.0 Å². The molecular formula is C28H38F3N3O7. The number of hydrogen-bond acceptors (Lipinski definition) is 7. The topological polar surface area (TPSA) is 106 Å². The molecule has 2 aliphatic rings. The molecule has 1 aromatic carbocycles. The van der Waals surface area contributed by atoms with Crippen molar-refractivity contribution in [2.45, 2.75) is 70.9 Å². The fraction of sp³-hybridized carbons (Fsp3) is 0.643. The molecule has 1 aliphatic heterocycles. The number of amides is 3. The molecule has 10 nitrogen and oxygen atoms in total.